The van der Waals surface area contributed by atoms with Gasteiger partial charge >= 0.3 is 0 Å². The summed E-state index contributed by atoms with van der Waals surface area (Å²) in [5.41, 5.74) is 3.01. The lowest BCUT2D eigenvalue weighted by Crippen LogP contribution is -2.19. The Morgan fingerprint density at radius 1 is 1.30 bits per heavy atom. The van der Waals surface area contributed by atoms with Crippen LogP contribution in [-0.2, 0) is 4.74 Å². The van der Waals surface area contributed by atoms with E-state index in [0.717, 1.165) is 53.7 Å². The van der Waals surface area contributed by atoms with Gasteiger partial charge in [-0.1, -0.05) is 18.2 Å². The van der Waals surface area contributed by atoms with Crippen LogP contribution in [0.1, 0.15) is 12.8 Å². The van der Waals surface area contributed by atoms with Crippen LogP contribution in [0.5, 0.6) is 0 Å². The molecule has 1 fully saturated rings. The predicted molar refractivity (Wildman–Crippen MR) is 78.9 cm³/mol. The molecule has 102 valence electrons. The molecule has 2 N–H and O–H groups in total. The second-order valence-electron chi connectivity index (χ2n) is 5.13. The maximum Gasteiger partial charge on any atom is 0.153 e. The summed E-state index contributed by atoms with van der Waals surface area (Å²) < 4.78 is 5.63. The second kappa shape index (κ2) is 4.76. The van der Waals surface area contributed by atoms with Gasteiger partial charge in [0.2, 0.25) is 0 Å². The Morgan fingerprint density at radius 3 is 3.15 bits per heavy atom. The Balaban J connectivity index is 1.71. The van der Waals surface area contributed by atoms with Crippen molar-refractivity contribution < 1.29 is 4.74 Å². The summed E-state index contributed by atoms with van der Waals surface area (Å²) >= 11 is 0. The average molecular weight is 268 g/mol. The van der Waals surface area contributed by atoms with Crippen LogP contribution in [0, 0.1) is 0 Å². The van der Waals surface area contributed by atoms with E-state index in [0.29, 0.717) is 6.10 Å². The summed E-state index contributed by atoms with van der Waals surface area (Å²) in [5.74, 6) is 0.849. The molecule has 0 spiro atoms. The van der Waals surface area contributed by atoms with Gasteiger partial charge in [-0.2, -0.15) is 0 Å². The molecule has 3 heterocycles. The zero-order chi connectivity index (χ0) is 13.4. The fraction of sp³-hybridized carbons (Fsp3) is 0.333. The minimum Gasteiger partial charge on any atom is -0.376 e. The van der Waals surface area contributed by atoms with E-state index in [1.807, 2.05) is 12.1 Å². The first-order valence-electron chi connectivity index (χ1n) is 6.99. The van der Waals surface area contributed by atoms with Crippen molar-refractivity contribution in [2.75, 3.05) is 18.5 Å². The number of benzene rings is 1. The molecule has 1 saturated heterocycles. The predicted octanol–water partition coefficient (Wildman–Crippen LogP) is 2.70. The molecule has 3 aromatic rings. The van der Waals surface area contributed by atoms with Crippen LogP contribution < -0.4 is 5.32 Å². The van der Waals surface area contributed by atoms with Gasteiger partial charge in [0.1, 0.15) is 17.4 Å². The fourth-order valence-corrected chi connectivity index (χ4v) is 2.79. The van der Waals surface area contributed by atoms with E-state index in [1.165, 1.54) is 0 Å². The summed E-state index contributed by atoms with van der Waals surface area (Å²) in [5, 5.41) is 4.51. The van der Waals surface area contributed by atoms with Gasteiger partial charge in [-0.15, -0.1) is 0 Å². The summed E-state index contributed by atoms with van der Waals surface area (Å²) in [7, 11) is 0. The minimum atomic E-state index is 0.296. The number of nitrogens with zero attached hydrogens (tertiary/aromatic N) is 2. The van der Waals surface area contributed by atoms with E-state index in [-0.39, 0.29) is 0 Å². The summed E-state index contributed by atoms with van der Waals surface area (Å²) in [4.78, 5) is 12.1. The number of H-pyrrole nitrogens is 1. The molecule has 5 heteroatoms. The van der Waals surface area contributed by atoms with E-state index in [2.05, 4.69) is 32.4 Å². The van der Waals surface area contributed by atoms with Gasteiger partial charge in [-0.3, -0.25) is 0 Å². The topological polar surface area (TPSA) is 62.8 Å². The summed E-state index contributed by atoms with van der Waals surface area (Å²) in [6, 6.07) is 8.17. The highest BCUT2D eigenvalue weighted by molar-refractivity contribution is 6.07. The minimum absolute atomic E-state index is 0.296. The lowest BCUT2D eigenvalue weighted by Gasteiger charge is -2.11. The van der Waals surface area contributed by atoms with Gasteiger partial charge in [0.15, 0.2) is 5.82 Å². The van der Waals surface area contributed by atoms with E-state index < -0.39 is 0 Å². The molecule has 0 radical (unpaired) electrons. The first-order chi connectivity index (χ1) is 9.92. The quantitative estimate of drug-likeness (QED) is 0.766. The number of para-hydroxylation sites is 1. The fourth-order valence-electron chi connectivity index (χ4n) is 2.79. The first kappa shape index (κ1) is 11.7. The largest absolute Gasteiger partial charge is 0.376 e. The number of ether oxygens (including phenoxy) is 1. The van der Waals surface area contributed by atoms with Crippen molar-refractivity contribution in [3.63, 3.8) is 0 Å². The molecule has 1 aliphatic heterocycles. The van der Waals surface area contributed by atoms with Gasteiger partial charge in [-0.05, 0) is 18.9 Å². The number of rotatable bonds is 3. The Hall–Kier alpha value is -2.14. The van der Waals surface area contributed by atoms with Crippen LogP contribution in [0.2, 0.25) is 0 Å². The third kappa shape index (κ3) is 1.91. The van der Waals surface area contributed by atoms with Crippen LogP contribution in [0.3, 0.4) is 0 Å². The smallest absolute Gasteiger partial charge is 0.153 e. The van der Waals surface area contributed by atoms with Crippen molar-refractivity contribution in [1.82, 2.24) is 15.0 Å². The van der Waals surface area contributed by atoms with Crippen LogP contribution in [0.25, 0.3) is 21.9 Å². The molecule has 4 rings (SSSR count). The number of aromatic amines is 1. The summed E-state index contributed by atoms with van der Waals surface area (Å²) in [6.07, 6.45) is 4.18. The summed E-state index contributed by atoms with van der Waals surface area (Å²) in [6.45, 7) is 1.67. The van der Waals surface area contributed by atoms with E-state index >= 15 is 0 Å². The lowest BCUT2D eigenvalue weighted by molar-refractivity contribution is 0.120. The maximum absolute atomic E-state index is 5.63. The highest BCUT2D eigenvalue weighted by atomic mass is 16.5. The zero-order valence-corrected chi connectivity index (χ0v) is 11.1. The van der Waals surface area contributed by atoms with Gasteiger partial charge < -0.3 is 15.0 Å². The number of nitrogens with one attached hydrogen (secondary N) is 2. The van der Waals surface area contributed by atoms with Crippen LogP contribution in [0.15, 0.2) is 30.6 Å². The van der Waals surface area contributed by atoms with Crippen molar-refractivity contribution in [2.24, 2.45) is 0 Å². The Bertz CT molecular complexity index is 746. The Morgan fingerprint density at radius 2 is 2.25 bits per heavy atom. The van der Waals surface area contributed by atoms with Gasteiger partial charge in [0, 0.05) is 24.1 Å². The molecule has 1 atom stereocenters. The number of hydrogen-bond donors (Lipinski definition) is 2. The molecule has 20 heavy (non-hydrogen) atoms. The number of anilines is 1. The van der Waals surface area contributed by atoms with Crippen molar-refractivity contribution in [3.8, 4) is 0 Å². The van der Waals surface area contributed by atoms with Crippen molar-refractivity contribution in [3.05, 3.63) is 30.6 Å². The zero-order valence-electron chi connectivity index (χ0n) is 11.1. The number of hydrogen-bond acceptors (Lipinski definition) is 4. The second-order valence-corrected chi connectivity index (χ2v) is 5.13. The average Bonchev–Trinajstić information content (AvgIpc) is 3.12. The van der Waals surface area contributed by atoms with Crippen LogP contribution in [0.4, 0.5) is 5.82 Å². The van der Waals surface area contributed by atoms with Crippen LogP contribution in [-0.4, -0.2) is 34.2 Å². The molecular weight excluding hydrogens is 252 g/mol. The van der Waals surface area contributed by atoms with E-state index in [1.54, 1.807) is 6.33 Å². The maximum atomic E-state index is 5.63. The molecule has 0 aliphatic carbocycles. The third-order valence-electron chi connectivity index (χ3n) is 3.81. The standard InChI is InChI=1S/C15H16N4O/c1-2-6-12-11(5-1)13-14(19-12)15(18-9-17-13)16-8-10-4-3-7-20-10/h1-2,5-6,9-10,19H,3-4,7-8H2,(H,16,17,18)/t10-/m1/s1. The van der Waals surface area contributed by atoms with Gasteiger partial charge in [0.25, 0.3) is 0 Å². The number of fused-ring (bicyclic) bond motifs is 3. The highest BCUT2D eigenvalue weighted by Crippen LogP contribution is 2.27. The van der Waals surface area contributed by atoms with E-state index in [4.69, 9.17) is 4.74 Å². The molecule has 0 amide bonds. The van der Waals surface area contributed by atoms with Gasteiger partial charge in [-0.25, -0.2) is 9.97 Å². The molecule has 0 saturated carbocycles. The van der Waals surface area contributed by atoms with E-state index in [9.17, 15) is 0 Å². The monoisotopic (exact) mass is 268 g/mol. The highest BCUT2D eigenvalue weighted by Gasteiger charge is 2.16. The first-order valence-corrected chi connectivity index (χ1v) is 6.99. The van der Waals surface area contributed by atoms with Gasteiger partial charge in [0.05, 0.1) is 6.10 Å². The molecule has 1 aliphatic rings. The lowest BCUT2D eigenvalue weighted by atomic mass is 10.2. The van der Waals surface area contributed by atoms with Crippen LogP contribution >= 0.6 is 0 Å². The van der Waals surface area contributed by atoms with Crippen molar-refractivity contribution in [1.29, 1.82) is 0 Å². The van der Waals surface area contributed by atoms with Crippen molar-refractivity contribution >= 4 is 27.8 Å². The molecular formula is C15H16N4O. The normalized spacial score (nSPS) is 18.9. The number of aromatic nitrogens is 3. The molecule has 1 aromatic carbocycles. The molecule has 5 nitrogen and oxygen atoms in total. The Kier molecular flexibility index (Phi) is 2.77. The Labute approximate surface area is 116 Å². The molecule has 0 unspecified atom stereocenters. The third-order valence-corrected chi connectivity index (χ3v) is 3.81. The SMILES string of the molecule is c1ccc2c(c1)[nH]c1c(NC[C@H]3CCCO3)ncnc12. The van der Waals surface area contributed by atoms with Crippen molar-refractivity contribution in [2.45, 2.75) is 18.9 Å². The molecule has 2 aromatic heterocycles. The molecule has 0 bridgehead atoms.